The summed E-state index contributed by atoms with van der Waals surface area (Å²) in [7, 11) is 3.97. The van der Waals surface area contributed by atoms with Gasteiger partial charge in [0.05, 0.1) is 16.9 Å². The van der Waals surface area contributed by atoms with Crippen molar-refractivity contribution in [2.45, 2.75) is 20.3 Å². The van der Waals surface area contributed by atoms with Gasteiger partial charge in [-0.3, -0.25) is 9.78 Å². The second-order valence-electron chi connectivity index (χ2n) is 5.20. The number of rotatable bonds is 4. The van der Waals surface area contributed by atoms with E-state index in [-0.39, 0.29) is 5.91 Å². The third-order valence-electron chi connectivity index (χ3n) is 3.37. The van der Waals surface area contributed by atoms with Crippen LogP contribution in [0.2, 0.25) is 0 Å². The Bertz CT molecular complexity index is 633. The van der Waals surface area contributed by atoms with Crippen molar-refractivity contribution in [3.05, 3.63) is 53.3 Å². The van der Waals surface area contributed by atoms with E-state index < -0.39 is 0 Å². The number of amides is 1. The number of benzene rings is 1. The number of hydrogen-bond donors (Lipinski definition) is 1. The van der Waals surface area contributed by atoms with Gasteiger partial charge in [-0.2, -0.15) is 0 Å². The number of para-hydroxylation sites is 1. The molecule has 4 heteroatoms. The molecule has 2 aromatic rings. The Kier molecular flexibility index (Phi) is 4.58. The molecule has 0 fully saturated rings. The summed E-state index contributed by atoms with van der Waals surface area (Å²) in [6, 6.07) is 9.60. The van der Waals surface area contributed by atoms with Gasteiger partial charge >= 0.3 is 0 Å². The van der Waals surface area contributed by atoms with Gasteiger partial charge in [0.2, 0.25) is 0 Å². The number of carbonyl (C=O) groups is 1. The molecule has 1 heterocycles. The van der Waals surface area contributed by atoms with Crippen LogP contribution in [0.3, 0.4) is 0 Å². The van der Waals surface area contributed by atoms with Crippen LogP contribution in [-0.4, -0.2) is 25.0 Å². The lowest BCUT2D eigenvalue weighted by molar-refractivity contribution is 0.102. The number of aromatic nitrogens is 1. The predicted octanol–water partition coefficient (Wildman–Crippen LogP) is 3.27. The molecule has 110 valence electrons. The molecule has 21 heavy (non-hydrogen) atoms. The molecule has 0 spiro atoms. The van der Waals surface area contributed by atoms with Gasteiger partial charge in [0.1, 0.15) is 0 Å². The Labute approximate surface area is 125 Å². The van der Waals surface area contributed by atoms with Crippen LogP contribution >= 0.6 is 0 Å². The van der Waals surface area contributed by atoms with Crippen LogP contribution in [0.4, 0.5) is 11.4 Å². The Morgan fingerprint density at radius 2 is 2.00 bits per heavy atom. The standard InChI is InChI=1S/C17H21N3O/c1-5-13-7-6-8-15(16(13)20(3)4)19-17(21)14-10-9-12(2)18-11-14/h6-11H,5H2,1-4H3,(H,19,21). The van der Waals surface area contributed by atoms with Crippen LogP contribution in [0.25, 0.3) is 0 Å². The van der Waals surface area contributed by atoms with Crippen molar-refractivity contribution < 1.29 is 4.79 Å². The smallest absolute Gasteiger partial charge is 0.257 e. The van der Waals surface area contributed by atoms with Crippen molar-refractivity contribution in [1.82, 2.24) is 4.98 Å². The van der Waals surface area contributed by atoms with E-state index in [9.17, 15) is 4.79 Å². The first kappa shape index (κ1) is 15.0. The molecule has 0 aliphatic rings. The molecule has 1 N–H and O–H groups in total. The third-order valence-corrected chi connectivity index (χ3v) is 3.37. The minimum Gasteiger partial charge on any atom is -0.376 e. The minimum atomic E-state index is -0.140. The zero-order valence-corrected chi connectivity index (χ0v) is 13.0. The zero-order chi connectivity index (χ0) is 15.4. The van der Waals surface area contributed by atoms with Gasteiger partial charge in [0.25, 0.3) is 5.91 Å². The lowest BCUT2D eigenvalue weighted by Crippen LogP contribution is -2.18. The van der Waals surface area contributed by atoms with Crippen molar-refractivity contribution in [1.29, 1.82) is 0 Å². The van der Waals surface area contributed by atoms with E-state index in [0.29, 0.717) is 5.56 Å². The van der Waals surface area contributed by atoms with Gasteiger partial charge in [-0.05, 0) is 37.1 Å². The van der Waals surface area contributed by atoms with Gasteiger partial charge in [0, 0.05) is 26.0 Å². The highest BCUT2D eigenvalue weighted by Crippen LogP contribution is 2.29. The van der Waals surface area contributed by atoms with Gasteiger partial charge < -0.3 is 10.2 Å². The van der Waals surface area contributed by atoms with E-state index in [2.05, 4.69) is 23.3 Å². The predicted molar refractivity (Wildman–Crippen MR) is 87.1 cm³/mol. The highest BCUT2D eigenvalue weighted by molar-refractivity contribution is 6.06. The Balaban J connectivity index is 2.31. The molecule has 0 bridgehead atoms. The quantitative estimate of drug-likeness (QED) is 0.936. The van der Waals surface area contributed by atoms with E-state index in [1.165, 1.54) is 5.56 Å². The maximum Gasteiger partial charge on any atom is 0.257 e. The number of carbonyl (C=O) groups excluding carboxylic acids is 1. The second kappa shape index (κ2) is 6.39. The molecule has 1 aromatic carbocycles. The highest BCUT2D eigenvalue weighted by Gasteiger charge is 2.13. The van der Waals surface area contributed by atoms with Gasteiger partial charge in [-0.25, -0.2) is 0 Å². The summed E-state index contributed by atoms with van der Waals surface area (Å²) in [4.78, 5) is 18.5. The minimum absolute atomic E-state index is 0.140. The molecular formula is C17H21N3O. The molecule has 0 radical (unpaired) electrons. The van der Waals surface area contributed by atoms with Crippen LogP contribution < -0.4 is 10.2 Å². The normalized spacial score (nSPS) is 10.3. The number of pyridine rings is 1. The summed E-state index contributed by atoms with van der Waals surface area (Å²) in [5.74, 6) is -0.140. The van der Waals surface area contributed by atoms with Crippen LogP contribution in [-0.2, 0) is 6.42 Å². The molecule has 0 aliphatic carbocycles. The maximum atomic E-state index is 12.3. The molecule has 1 amide bonds. The Hall–Kier alpha value is -2.36. The summed E-state index contributed by atoms with van der Waals surface area (Å²) in [6.07, 6.45) is 2.52. The van der Waals surface area contributed by atoms with E-state index in [1.807, 2.05) is 44.1 Å². The average Bonchev–Trinajstić information content (AvgIpc) is 2.47. The first-order valence-electron chi connectivity index (χ1n) is 7.06. The van der Waals surface area contributed by atoms with Crippen LogP contribution in [0.15, 0.2) is 36.5 Å². The molecule has 0 atom stereocenters. The van der Waals surface area contributed by atoms with Gasteiger partial charge in [-0.1, -0.05) is 19.1 Å². The number of aryl methyl sites for hydroxylation is 2. The fourth-order valence-electron chi connectivity index (χ4n) is 2.30. The molecule has 0 aliphatic heterocycles. The van der Waals surface area contributed by atoms with E-state index in [1.54, 1.807) is 12.3 Å². The third kappa shape index (κ3) is 3.40. The summed E-state index contributed by atoms with van der Waals surface area (Å²) in [6.45, 7) is 4.01. The van der Waals surface area contributed by atoms with Crippen molar-refractivity contribution in [2.24, 2.45) is 0 Å². The number of nitrogens with zero attached hydrogens (tertiary/aromatic N) is 2. The molecule has 0 saturated carbocycles. The first-order valence-corrected chi connectivity index (χ1v) is 7.06. The van der Waals surface area contributed by atoms with Crippen molar-refractivity contribution >= 4 is 17.3 Å². The topological polar surface area (TPSA) is 45.2 Å². The van der Waals surface area contributed by atoms with Crippen molar-refractivity contribution in [3.63, 3.8) is 0 Å². The monoisotopic (exact) mass is 283 g/mol. The number of nitrogens with one attached hydrogen (secondary N) is 1. The molecule has 1 aromatic heterocycles. The fraction of sp³-hybridized carbons (Fsp3) is 0.294. The van der Waals surface area contributed by atoms with Gasteiger partial charge in [-0.15, -0.1) is 0 Å². The van der Waals surface area contributed by atoms with Crippen molar-refractivity contribution in [2.75, 3.05) is 24.3 Å². The lowest BCUT2D eigenvalue weighted by Gasteiger charge is -2.21. The molecular weight excluding hydrogens is 262 g/mol. The van der Waals surface area contributed by atoms with E-state index in [4.69, 9.17) is 0 Å². The number of anilines is 2. The average molecular weight is 283 g/mol. The van der Waals surface area contributed by atoms with E-state index >= 15 is 0 Å². The first-order chi connectivity index (χ1) is 10.0. The molecule has 0 unspecified atom stereocenters. The second-order valence-corrected chi connectivity index (χ2v) is 5.20. The summed E-state index contributed by atoms with van der Waals surface area (Å²) in [5, 5.41) is 2.98. The number of hydrogen-bond acceptors (Lipinski definition) is 3. The summed E-state index contributed by atoms with van der Waals surface area (Å²) in [5.41, 5.74) is 4.54. The lowest BCUT2D eigenvalue weighted by atomic mass is 10.1. The van der Waals surface area contributed by atoms with Crippen LogP contribution in [0, 0.1) is 6.92 Å². The highest BCUT2D eigenvalue weighted by atomic mass is 16.1. The van der Waals surface area contributed by atoms with Gasteiger partial charge in [0.15, 0.2) is 0 Å². The van der Waals surface area contributed by atoms with Crippen molar-refractivity contribution in [3.8, 4) is 0 Å². The molecule has 0 saturated heterocycles. The largest absolute Gasteiger partial charge is 0.376 e. The summed E-state index contributed by atoms with van der Waals surface area (Å²) < 4.78 is 0. The SMILES string of the molecule is CCc1cccc(NC(=O)c2ccc(C)nc2)c1N(C)C. The zero-order valence-electron chi connectivity index (χ0n) is 13.0. The Morgan fingerprint density at radius 1 is 1.24 bits per heavy atom. The van der Waals surface area contributed by atoms with Crippen LogP contribution in [0.5, 0.6) is 0 Å². The fourth-order valence-corrected chi connectivity index (χ4v) is 2.30. The summed E-state index contributed by atoms with van der Waals surface area (Å²) >= 11 is 0. The molecule has 2 rings (SSSR count). The van der Waals surface area contributed by atoms with E-state index in [0.717, 1.165) is 23.5 Å². The molecule has 4 nitrogen and oxygen atoms in total. The maximum absolute atomic E-state index is 12.3. The van der Waals surface area contributed by atoms with Crippen LogP contribution in [0.1, 0.15) is 28.5 Å². The Morgan fingerprint density at radius 3 is 2.57 bits per heavy atom.